The normalized spacial score (nSPS) is 7.69. The van der Waals surface area contributed by atoms with Gasteiger partial charge in [0.15, 0.2) is 0 Å². The van der Waals surface area contributed by atoms with Crippen LogP contribution in [0, 0.1) is 15.5 Å². The number of hydrogen-bond acceptors (Lipinski definition) is 4. The van der Waals surface area contributed by atoms with Gasteiger partial charge in [0.05, 0.1) is 0 Å². The van der Waals surface area contributed by atoms with E-state index in [0.717, 1.165) is 11.6 Å². The second-order valence-corrected chi connectivity index (χ2v) is 2.08. The molecule has 0 bridgehead atoms. The minimum absolute atomic E-state index is 0.0825. The Balaban J connectivity index is 0.000000424. The van der Waals surface area contributed by atoms with Gasteiger partial charge in [-0.05, 0) is 0 Å². The van der Waals surface area contributed by atoms with Gasteiger partial charge in [0.1, 0.15) is 0 Å². The van der Waals surface area contributed by atoms with Crippen molar-refractivity contribution in [3.63, 3.8) is 0 Å². The van der Waals surface area contributed by atoms with Crippen LogP contribution in [0.1, 0.15) is 5.56 Å². The van der Waals surface area contributed by atoms with Crippen molar-refractivity contribution in [3.8, 4) is 0 Å². The van der Waals surface area contributed by atoms with Crippen LogP contribution in [0.15, 0.2) is 30.3 Å². The molecule has 0 spiro atoms. The first-order valence-corrected chi connectivity index (χ1v) is 3.40. The van der Waals surface area contributed by atoms with E-state index >= 15 is 0 Å². The number of rotatable bonds is 2. The first-order valence-electron chi connectivity index (χ1n) is 3.40. The van der Waals surface area contributed by atoms with Crippen molar-refractivity contribution in [1.29, 1.82) is 5.41 Å². The second-order valence-electron chi connectivity index (χ2n) is 2.08. The maximum atomic E-state index is 9.97. The van der Waals surface area contributed by atoms with Crippen molar-refractivity contribution >= 4 is 6.08 Å². The maximum absolute atomic E-state index is 9.97. The molecule has 0 aliphatic rings. The summed E-state index contributed by atoms with van der Waals surface area (Å²) >= 11 is 0. The molecular weight excluding hydrogens is 172 g/mol. The summed E-state index contributed by atoms with van der Waals surface area (Å²) in [5.41, 5.74) is 0.743. The monoisotopic (exact) mass is 180 g/mol. The highest BCUT2D eigenvalue weighted by Gasteiger charge is 1.97. The molecule has 0 amide bonds. The zero-order chi connectivity index (χ0) is 10.1. The standard InChI is InChI=1S/C7H7NO2.CHNO/c9-8(10)6-7-4-2-1-3-5-7;2-1-3/h1-5H,6H2;2H. The predicted molar refractivity (Wildman–Crippen MR) is 45.6 cm³/mol. The molecule has 0 heterocycles. The molecule has 1 aromatic carbocycles. The topological polar surface area (TPSA) is 84.1 Å². The Kier molecular flexibility index (Phi) is 5.66. The number of nitrogens with one attached hydrogen (secondary N) is 1. The summed E-state index contributed by atoms with van der Waals surface area (Å²) in [6.45, 7) is -0.0825. The molecule has 0 saturated heterocycles. The van der Waals surface area contributed by atoms with Crippen LogP contribution >= 0.6 is 0 Å². The van der Waals surface area contributed by atoms with Gasteiger partial charge in [-0.15, -0.1) is 0 Å². The Hall–Kier alpha value is -2.00. The Bertz CT molecular complexity index is 292. The van der Waals surface area contributed by atoms with Crippen molar-refractivity contribution in [2.75, 3.05) is 0 Å². The molecule has 68 valence electrons. The number of benzene rings is 1. The van der Waals surface area contributed by atoms with Gasteiger partial charge in [-0.1, -0.05) is 30.3 Å². The molecule has 0 radical (unpaired) electrons. The zero-order valence-electron chi connectivity index (χ0n) is 6.77. The van der Waals surface area contributed by atoms with Crippen molar-refractivity contribution in [3.05, 3.63) is 46.0 Å². The largest absolute Gasteiger partial charge is 0.264 e. The molecule has 13 heavy (non-hydrogen) atoms. The minimum Gasteiger partial charge on any atom is -0.264 e. The van der Waals surface area contributed by atoms with E-state index in [-0.39, 0.29) is 11.5 Å². The fourth-order valence-corrected chi connectivity index (χ4v) is 0.732. The van der Waals surface area contributed by atoms with Crippen LogP contribution in [0.4, 0.5) is 0 Å². The highest BCUT2D eigenvalue weighted by Crippen LogP contribution is 1.98. The SMILES string of the molecule is N=C=O.O=[N+]([O-])Cc1ccccc1. The second kappa shape index (κ2) is 6.69. The predicted octanol–water partition coefficient (Wildman–Crippen LogP) is 1.36. The Labute approximate surface area is 74.7 Å². The molecule has 1 rings (SSSR count). The van der Waals surface area contributed by atoms with E-state index in [0.29, 0.717) is 0 Å². The van der Waals surface area contributed by atoms with Crippen LogP contribution < -0.4 is 0 Å². The average Bonchev–Trinajstić information content (AvgIpc) is 2.06. The van der Waals surface area contributed by atoms with E-state index in [2.05, 4.69) is 0 Å². The first kappa shape index (κ1) is 11.0. The summed E-state index contributed by atoms with van der Waals surface area (Å²) in [6, 6.07) is 8.90. The van der Waals surface area contributed by atoms with Gasteiger partial charge in [0.25, 0.3) is 0 Å². The summed E-state index contributed by atoms with van der Waals surface area (Å²) in [5, 5.41) is 15.4. The van der Waals surface area contributed by atoms with Crippen molar-refractivity contribution < 1.29 is 9.72 Å². The molecule has 5 nitrogen and oxygen atoms in total. The number of carbonyl (C=O) groups excluding carboxylic acids is 1. The maximum Gasteiger partial charge on any atom is 0.231 e. The molecule has 1 N–H and O–H groups in total. The molecule has 0 saturated carbocycles. The van der Waals surface area contributed by atoms with E-state index in [1.165, 1.54) is 0 Å². The van der Waals surface area contributed by atoms with Crippen LogP contribution in [0.25, 0.3) is 0 Å². The summed E-state index contributed by atoms with van der Waals surface area (Å²) in [5.74, 6) is 0. The van der Waals surface area contributed by atoms with E-state index in [4.69, 9.17) is 10.2 Å². The molecule has 0 aliphatic heterocycles. The fraction of sp³-hybridized carbons (Fsp3) is 0.125. The highest BCUT2D eigenvalue weighted by atomic mass is 16.6. The van der Waals surface area contributed by atoms with Crippen LogP contribution in [-0.2, 0) is 11.3 Å². The van der Waals surface area contributed by atoms with E-state index in [1.807, 2.05) is 6.07 Å². The Morgan fingerprint density at radius 1 is 1.38 bits per heavy atom. The van der Waals surface area contributed by atoms with Gasteiger partial charge in [-0.2, -0.15) is 0 Å². The van der Waals surface area contributed by atoms with Gasteiger partial charge in [-0.25, -0.2) is 10.2 Å². The summed E-state index contributed by atoms with van der Waals surface area (Å²) in [6.07, 6.45) is 0.750. The Morgan fingerprint density at radius 3 is 2.23 bits per heavy atom. The lowest BCUT2D eigenvalue weighted by Crippen LogP contribution is -1.96. The number of nitro groups is 1. The Morgan fingerprint density at radius 2 is 1.85 bits per heavy atom. The lowest BCUT2D eigenvalue weighted by atomic mass is 10.2. The molecule has 0 unspecified atom stereocenters. The zero-order valence-corrected chi connectivity index (χ0v) is 6.77. The first-order chi connectivity index (χ1) is 6.20. The lowest BCUT2D eigenvalue weighted by molar-refractivity contribution is -0.496. The van der Waals surface area contributed by atoms with Gasteiger partial charge in [0, 0.05) is 10.5 Å². The molecule has 5 heteroatoms. The van der Waals surface area contributed by atoms with E-state index in [9.17, 15) is 10.1 Å². The summed E-state index contributed by atoms with van der Waals surface area (Å²) < 4.78 is 0. The van der Waals surface area contributed by atoms with Crippen LogP contribution in [0.2, 0.25) is 0 Å². The molecule has 0 fully saturated rings. The van der Waals surface area contributed by atoms with Crippen LogP contribution in [0.5, 0.6) is 0 Å². The van der Waals surface area contributed by atoms with Gasteiger partial charge in [0.2, 0.25) is 12.6 Å². The summed E-state index contributed by atoms with van der Waals surface area (Å²) in [4.78, 5) is 18.0. The third-order valence-electron chi connectivity index (χ3n) is 1.15. The average molecular weight is 180 g/mol. The van der Waals surface area contributed by atoms with E-state index in [1.54, 1.807) is 24.3 Å². The van der Waals surface area contributed by atoms with Crippen molar-refractivity contribution in [1.82, 2.24) is 0 Å². The van der Waals surface area contributed by atoms with Crippen LogP contribution in [0.3, 0.4) is 0 Å². The van der Waals surface area contributed by atoms with Crippen molar-refractivity contribution in [2.24, 2.45) is 0 Å². The molecule has 0 atom stereocenters. The quantitative estimate of drug-likeness (QED) is 0.323. The van der Waals surface area contributed by atoms with Gasteiger partial charge in [-0.3, -0.25) is 10.1 Å². The number of isocyanates is 1. The van der Waals surface area contributed by atoms with Crippen molar-refractivity contribution in [2.45, 2.75) is 6.54 Å². The van der Waals surface area contributed by atoms with E-state index < -0.39 is 0 Å². The summed E-state index contributed by atoms with van der Waals surface area (Å²) in [7, 11) is 0. The molecule has 1 aromatic rings. The third kappa shape index (κ3) is 6.40. The number of hydrogen-bond donors (Lipinski definition) is 1. The molecular formula is C8H8N2O3. The molecule has 0 aromatic heterocycles. The molecule has 0 aliphatic carbocycles. The smallest absolute Gasteiger partial charge is 0.231 e. The minimum atomic E-state index is -0.338. The van der Waals surface area contributed by atoms with Gasteiger partial charge >= 0.3 is 0 Å². The fourth-order valence-electron chi connectivity index (χ4n) is 0.732. The number of nitrogens with zero attached hydrogens (tertiary/aromatic N) is 1. The lowest BCUT2D eigenvalue weighted by Gasteiger charge is -1.90. The van der Waals surface area contributed by atoms with Crippen LogP contribution in [-0.4, -0.2) is 11.0 Å². The van der Waals surface area contributed by atoms with Gasteiger partial charge < -0.3 is 0 Å². The highest BCUT2D eigenvalue weighted by molar-refractivity contribution is 5.26. The third-order valence-corrected chi connectivity index (χ3v) is 1.15.